The fourth-order valence-electron chi connectivity index (χ4n) is 4.53. The van der Waals surface area contributed by atoms with Crippen LogP contribution in [-0.4, -0.2) is 52.9 Å². The molecule has 1 atom stereocenters. The second kappa shape index (κ2) is 5.67. The highest BCUT2D eigenvalue weighted by molar-refractivity contribution is 5.91. The number of carbonyl (C=O) groups excluding carboxylic acids is 1. The van der Waals surface area contributed by atoms with Gasteiger partial charge in [0.05, 0.1) is 25.1 Å². The number of carbonyl (C=O) groups is 1. The first-order valence-corrected chi connectivity index (χ1v) is 9.52. The lowest BCUT2D eigenvalue weighted by atomic mass is 9.64. The van der Waals surface area contributed by atoms with Gasteiger partial charge in [-0.3, -0.25) is 4.79 Å². The number of aryl methyl sites for hydroxylation is 1. The molecule has 2 aliphatic heterocycles. The number of hydrogen-bond donors (Lipinski definition) is 1. The Morgan fingerprint density at radius 2 is 2.19 bits per heavy atom. The summed E-state index contributed by atoms with van der Waals surface area (Å²) in [4.78, 5) is 19.4. The Morgan fingerprint density at radius 3 is 2.85 bits per heavy atom. The van der Waals surface area contributed by atoms with E-state index in [0.29, 0.717) is 5.41 Å². The lowest BCUT2D eigenvalue weighted by Crippen LogP contribution is -2.59. The Balaban J connectivity index is 1.34. The first-order valence-electron chi connectivity index (χ1n) is 9.52. The predicted octanol–water partition coefficient (Wildman–Crippen LogP) is 1.79. The molecule has 3 aliphatic rings. The lowest BCUT2D eigenvalue weighted by molar-refractivity contribution is -0.165. The number of ether oxygens (including phenoxy) is 1. The largest absolute Gasteiger partial charge is 0.380 e. The smallest absolute Gasteiger partial charge is 0.291 e. The van der Waals surface area contributed by atoms with Crippen LogP contribution in [0, 0.1) is 18.3 Å². The van der Waals surface area contributed by atoms with Crippen LogP contribution in [0.15, 0.2) is 12.3 Å². The molecule has 7 heteroatoms. The summed E-state index contributed by atoms with van der Waals surface area (Å²) in [5.41, 5.74) is 3.29. The van der Waals surface area contributed by atoms with Crippen molar-refractivity contribution in [3.63, 3.8) is 0 Å². The van der Waals surface area contributed by atoms with Gasteiger partial charge in [0.15, 0.2) is 5.65 Å². The third-order valence-electron chi connectivity index (χ3n) is 6.11. The van der Waals surface area contributed by atoms with Gasteiger partial charge in [0.2, 0.25) is 5.82 Å². The van der Waals surface area contributed by atoms with E-state index < -0.39 is 0 Å². The number of amides is 1. The molecular formula is C19H25N5O2. The number of fused-ring (bicyclic) bond motifs is 1. The fourth-order valence-corrected chi connectivity index (χ4v) is 4.53. The van der Waals surface area contributed by atoms with Gasteiger partial charge in [-0.25, -0.2) is 9.50 Å². The maximum Gasteiger partial charge on any atom is 0.291 e. The van der Waals surface area contributed by atoms with Crippen LogP contribution in [0.3, 0.4) is 0 Å². The SMILES string of the molecule is Cc1cc(N2CCC(C)C2)cn2nc(C(=O)NC3CC4(COC4)C3)nc12. The summed E-state index contributed by atoms with van der Waals surface area (Å²) < 4.78 is 7.04. The molecule has 7 nitrogen and oxygen atoms in total. The van der Waals surface area contributed by atoms with E-state index in [-0.39, 0.29) is 17.8 Å². The number of anilines is 1. The van der Waals surface area contributed by atoms with Gasteiger partial charge in [0, 0.05) is 24.5 Å². The third kappa shape index (κ3) is 2.57. The van der Waals surface area contributed by atoms with E-state index in [4.69, 9.17) is 4.74 Å². The fraction of sp³-hybridized carbons (Fsp3) is 0.632. The Morgan fingerprint density at radius 1 is 1.38 bits per heavy atom. The molecule has 3 fully saturated rings. The van der Waals surface area contributed by atoms with E-state index in [2.05, 4.69) is 33.3 Å². The van der Waals surface area contributed by atoms with Crippen molar-refractivity contribution in [3.05, 3.63) is 23.7 Å². The van der Waals surface area contributed by atoms with Crippen molar-refractivity contribution in [2.24, 2.45) is 11.3 Å². The van der Waals surface area contributed by atoms with Crippen LogP contribution in [0.25, 0.3) is 5.65 Å². The first-order chi connectivity index (χ1) is 12.5. The molecule has 1 saturated carbocycles. The van der Waals surface area contributed by atoms with Gasteiger partial charge in [-0.05, 0) is 43.7 Å². The van der Waals surface area contributed by atoms with Gasteiger partial charge in [-0.1, -0.05) is 6.92 Å². The van der Waals surface area contributed by atoms with Crippen LogP contribution in [-0.2, 0) is 4.74 Å². The lowest BCUT2D eigenvalue weighted by Gasteiger charge is -2.53. The van der Waals surface area contributed by atoms with Crippen LogP contribution in [0.4, 0.5) is 5.69 Å². The third-order valence-corrected chi connectivity index (χ3v) is 6.11. The van der Waals surface area contributed by atoms with Crippen LogP contribution in [0.1, 0.15) is 42.4 Å². The highest BCUT2D eigenvalue weighted by Crippen LogP contribution is 2.46. The van der Waals surface area contributed by atoms with Crippen molar-refractivity contribution in [2.75, 3.05) is 31.2 Å². The number of pyridine rings is 1. The van der Waals surface area contributed by atoms with Gasteiger partial charge >= 0.3 is 0 Å². The molecule has 0 bridgehead atoms. The molecule has 1 amide bonds. The molecule has 1 N–H and O–H groups in total. The number of aromatic nitrogens is 3. The number of nitrogens with one attached hydrogen (secondary N) is 1. The Labute approximate surface area is 152 Å². The maximum atomic E-state index is 12.5. The summed E-state index contributed by atoms with van der Waals surface area (Å²) in [5.74, 6) is 0.797. The highest BCUT2D eigenvalue weighted by atomic mass is 16.5. The summed E-state index contributed by atoms with van der Waals surface area (Å²) in [6.07, 6.45) is 5.22. The predicted molar refractivity (Wildman–Crippen MR) is 97.5 cm³/mol. The second-order valence-electron chi connectivity index (χ2n) is 8.50. The van der Waals surface area contributed by atoms with Crippen molar-refractivity contribution in [2.45, 2.75) is 39.2 Å². The van der Waals surface area contributed by atoms with Crippen LogP contribution >= 0.6 is 0 Å². The highest BCUT2D eigenvalue weighted by Gasteiger charge is 2.50. The minimum absolute atomic E-state index is 0.176. The molecule has 0 radical (unpaired) electrons. The molecule has 2 saturated heterocycles. The van der Waals surface area contributed by atoms with E-state index in [9.17, 15) is 4.79 Å². The van der Waals surface area contributed by atoms with Gasteiger partial charge in [-0.2, -0.15) is 0 Å². The average molecular weight is 355 g/mol. The molecule has 1 unspecified atom stereocenters. The van der Waals surface area contributed by atoms with E-state index in [0.717, 1.165) is 62.0 Å². The van der Waals surface area contributed by atoms with Crippen molar-refractivity contribution in [1.82, 2.24) is 19.9 Å². The molecular weight excluding hydrogens is 330 g/mol. The van der Waals surface area contributed by atoms with E-state index in [1.807, 2.05) is 13.1 Å². The summed E-state index contributed by atoms with van der Waals surface area (Å²) in [5, 5.41) is 7.52. The van der Waals surface area contributed by atoms with E-state index in [1.54, 1.807) is 4.52 Å². The summed E-state index contributed by atoms with van der Waals surface area (Å²) >= 11 is 0. The number of rotatable bonds is 3. The molecule has 4 heterocycles. The molecule has 2 aromatic rings. The minimum atomic E-state index is -0.176. The summed E-state index contributed by atoms with van der Waals surface area (Å²) in [6.45, 7) is 8.12. The zero-order valence-corrected chi connectivity index (χ0v) is 15.4. The van der Waals surface area contributed by atoms with Crippen molar-refractivity contribution >= 4 is 17.2 Å². The zero-order chi connectivity index (χ0) is 17.9. The van der Waals surface area contributed by atoms with E-state index >= 15 is 0 Å². The van der Waals surface area contributed by atoms with Gasteiger partial charge in [0.25, 0.3) is 5.91 Å². The molecule has 2 aromatic heterocycles. The molecule has 138 valence electrons. The molecule has 0 aromatic carbocycles. The molecule has 5 rings (SSSR count). The average Bonchev–Trinajstić information content (AvgIpc) is 3.14. The summed E-state index contributed by atoms with van der Waals surface area (Å²) in [7, 11) is 0. The van der Waals surface area contributed by atoms with Crippen LogP contribution in [0.2, 0.25) is 0 Å². The van der Waals surface area contributed by atoms with Gasteiger partial charge in [0.1, 0.15) is 0 Å². The Bertz CT molecular complexity index is 864. The second-order valence-corrected chi connectivity index (χ2v) is 8.50. The maximum absolute atomic E-state index is 12.5. The van der Waals surface area contributed by atoms with Crippen LogP contribution in [0.5, 0.6) is 0 Å². The summed E-state index contributed by atoms with van der Waals surface area (Å²) in [6, 6.07) is 2.37. The van der Waals surface area contributed by atoms with Gasteiger partial charge < -0.3 is 15.0 Å². The Kier molecular flexibility index (Phi) is 3.50. The molecule has 1 aliphatic carbocycles. The van der Waals surface area contributed by atoms with E-state index in [1.165, 1.54) is 6.42 Å². The monoisotopic (exact) mass is 355 g/mol. The normalized spacial score (nSPS) is 24.7. The van der Waals surface area contributed by atoms with Crippen molar-refractivity contribution in [1.29, 1.82) is 0 Å². The van der Waals surface area contributed by atoms with Crippen LogP contribution < -0.4 is 10.2 Å². The molecule has 26 heavy (non-hydrogen) atoms. The van der Waals surface area contributed by atoms with Crippen molar-refractivity contribution in [3.8, 4) is 0 Å². The Hall–Kier alpha value is -2.15. The standard InChI is InChI=1S/C19H25N5O2/c1-12-3-4-23(8-12)15-5-13(2)17-21-16(22-24(17)9-15)18(25)20-14-6-19(7-14)10-26-11-19/h5,9,12,14H,3-4,6-8,10-11H2,1-2H3,(H,20,25). The topological polar surface area (TPSA) is 71.8 Å². The number of hydrogen-bond acceptors (Lipinski definition) is 5. The van der Waals surface area contributed by atoms with Crippen molar-refractivity contribution < 1.29 is 9.53 Å². The van der Waals surface area contributed by atoms with Gasteiger partial charge in [-0.15, -0.1) is 5.10 Å². The minimum Gasteiger partial charge on any atom is -0.380 e. The first kappa shape index (κ1) is 16.1. The zero-order valence-electron chi connectivity index (χ0n) is 15.4. The molecule has 1 spiro atoms. The number of nitrogens with zero attached hydrogens (tertiary/aromatic N) is 4. The quantitative estimate of drug-likeness (QED) is 0.909.